The Balaban J connectivity index is 1.86. The Kier molecular flexibility index (Phi) is 3.67. The number of aliphatic imine (C=N–C) groups is 1. The Hall–Kier alpha value is -1.58. The average molecular weight is 275 g/mol. The van der Waals surface area contributed by atoms with Gasteiger partial charge in [-0.3, -0.25) is 0 Å². The molecule has 1 saturated heterocycles. The van der Waals surface area contributed by atoms with Gasteiger partial charge in [0, 0.05) is 13.1 Å². The van der Waals surface area contributed by atoms with E-state index < -0.39 is 0 Å². The van der Waals surface area contributed by atoms with Gasteiger partial charge in [0.1, 0.15) is 0 Å². The van der Waals surface area contributed by atoms with Crippen LogP contribution in [0.15, 0.2) is 47.5 Å². The van der Waals surface area contributed by atoms with Crippen molar-refractivity contribution in [2.45, 2.75) is 0 Å². The van der Waals surface area contributed by atoms with E-state index in [2.05, 4.69) is 29.3 Å². The van der Waals surface area contributed by atoms with Crippen molar-refractivity contribution in [1.82, 2.24) is 4.90 Å². The monoisotopic (exact) mass is 274 g/mol. The fourth-order valence-corrected chi connectivity index (χ4v) is 2.44. The van der Waals surface area contributed by atoms with Crippen molar-refractivity contribution < 1.29 is 4.74 Å². The summed E-state index contributed by atoms with van der Waals surface area (Å²) < 4.78 is 5.30. The Morgan fingerprint density at radius 2 is 1.79 bits per heavy atom. The number of amidine groups is 1. The molecule has 2 aromatic rings. The summed E-state index contributed by atoms with van der Waals surface area (Å²) in [6.07, 6.45) is 0. The lowest BCUT2D eigenvalue weighted by Gasteiger charge is -2.26. The molecule has 0 amide bonds. The fourth-order valence-electron chi connectivity index (χ4n) is 2.17. The molecule has 0 spiro atoms. The lowest BCUT2D eigenvalue weighted by molar-refractivity contribution is 0.0692. The second-order valence-corrected chi connectivity index (χ2v) is 4.85. The molecule has 0 N–H and O–H groups in total. The molecule has 1 heterocycles. The van der Waals surface area contributed by atoms with Gasteiger partial charge in [0.2, 0.25) is 0 Å². The van der Waals surface area contributed by atoms with Crippen LogP contribution in [0, 0.1) is 0 Å². The molecule has 0 bridgehead atoms. The number of hydrogen-bond donors (Lipinski definition) is 0. The number of halogens is 1. The van der Waals surface area contributed by atoms with E-state index in [1.807, 2.05) is 23.1 Å². The van der Waals surface area contributed by atoms with Crippen molar-refractivity contribution >= 4 is 33.4 Å². The highest BCUT2D eigenvalue weighted by Crippen LogP contribution is 2.22. The summed E-state index contributed by atoms with van der Waals surface area (Å²) in [5, 5.41) is 2.93. The second-order valence-electron chi connectivity index (χ2n) is 4.51. The Morgan fingerprint density at radius 1 is 1.05 bits per heavy atom. The maximum atomic E-state index is 6.27. The molecule has 0 aromatic heterocycles. The third-order valence-electron chi connectivity index (χ3n) is 3.23. The van der Waals surface area contributed by atoms with Crippen LogP contribution in [0.4, 0.5) is 5.69 Å². The third kappa shape index (κ3) is 2.88. The first-order valence-electron chi connectivity index (χ1n) is 6.38. The molecular weight excluding hydrogens is 260 g/mol. The van der Waals surface area contributed by atoms with Gasteiger partial charge in [0.25, 0.3) is 0 Å². The Bertz CT molecular complexity index is 606. The van der Waals surface area contributed by atoms with Gasteiger partial charge in [-0.2, -0.15) is 0 Å². The summed E-state index contributed by atoms with van der Waals surface area (Å²) in [5.41, 5.74) is 0.884. The molecule has 98 valence electrons. The zero-order valence-electron chi connectivity index (χ0n) is 10.6. The van der Waals surface area contributed by atoms with Crippen molar-refractivity contribution in [1.29, 1.82) is 0 Å². The van der Waals surface area contributed by atoms with Gasteiger partial charge in [-0.25, -0.2) is 4.99 Å². The predicted molar refractivity (Wildman–Crippen MR) is 79.3 cm³/mol. The Morgan fingerprint density at radius 3 is 2.58 bits per heavy atom. The van der Waals surface area contributed by atoms with E-state index in [0.717, 1.165) is 18.8 Å². The topological polar surface area (TPSA) is 24.8 Å². The SMILES string of the molecule is ClC(=Nc1ccc2ccccc2c1)N1CCOCC1. The first kappa shape index (κ1) is 12.5. The molecule has 0 aliphatic carbocycles. The molecule has 19 heavy (non-hydrogen) atoms. The maximum Gasteiger partial charge on any atom is 0.199 e. The zero-order chi connectivity index (χ0) is 13.1. The third-order valence-corrected chi connectivity index (χ3v) is 3.55. The molecule has 4 heteroatoms. The normalized spacial score (nSPS) is 16.9. The van der Waals surface area contributed by atoms with E-state index in [4.69, 9.17) is 16.3 Å². The van der Waals surface area contributed by atoms with Crippen molar-refractivity contribution in [3.63, 3.8) is 0 Å². The van der Waals surface area contributed by atoms with Crippen molar-refractivity contribution in [2.24, 2.45) is 4.99 Å². The smallest absolute Gasteiger partial charge is 0.199 e. The van der Waals surface area contributed by atoms with Crippen LogP contribution >= 0.6 is 11.6 Å². The summed E-state index contributed by atoms with van der Waals surface area (Å²) in [5.74, 6) is 0. The van der Waals surface area contributed by atoms with Crippen molar-refractivity contribution in [3.8, 4) is 0 Å². The first-order chi connectivity index (χ1) is 9.33. The van der Waals surface area contributed by atoms with E-state index in [9.17, 15) is 0 Å². The highest BCUT2D eigenvalue weighted by Gasteiger charge is 2.13. The Labute approximate surface area is 117 Å². The lowest BCUT2D eigenvalue weighted by Crippen LogP contribution is -2.38. The van der Waals surface area contributed by atoms with Gasteiger partial charge in [0.05, 0.1) is 18.9 Å². The van der Waals surface area contributed by atoms with Gasteiger partial charge in [-0.15, -0.1) is 0 Å². The standard InChI is InChI=1S/C15H15ClN2O/c16-15(18-7-9-19-10-8-18)17-14-6-5-12-3-1-2-4-13(12)11-14/h1-6,11H,7-10H2. The van der Waals surface area contributed by atoms with Crippen LogP contribution < -0.4 is 0 Å². The summed E-state index contributed by atoms with van der Waals surface area (Å²) >= 11 is 6.27. The van der Waals surface area contributed by atoms with E-state index in [1.165, 1.54) is 10.8 Å². The fraction of sp³-hybridized carbons (Fsp3) is 0.267. The number of benzene rings is 2. The second kappa shape index (κ2) is 5.59. The van der Waals surface area contributed by atoms with E-state index in [-0.39, 0.29) is 0 Å². The van der Waals surface area contributed by atoms with Crippen molar-refractivity contribution in [3.05, 3.63) is 42.5 Å². The minimum Gasteiger partial charge on any atom is -0.378 e. The van der Waals surface area contributed by atoms with Crippen molar-refractivity contribution in [2.75, 3.05) is 26.3 Å². The van der Waals surface area contributed by atoms with E-state index in [1.54, 1.807) is 0 Å². The summed E-state index contributed by atoms with van der Waals surface area (Å²) in [6, 6.07) is 14.3. The number of fused-ring (bicyclic) bond motifs is 1. The zero-order valence-corrected chi connectivity index (χ0v) is 11.3. The molecule has 0 atom stereocenters. The first-order valence-corrected chi connectivity index (χ1v) is 6.76. The molecule has 0 unspecified atom stereocenters. The summed E-state index contributed by atoms with van der Waals surface area (Å²) in [6.45, 7) is 3.03. The van der Waals surface area contributed by atoms with Gasteiger partial charge in [-0.05, 0) is 34.5 Å². The largest absolute Gasteiger partial charge is 0.378 e. The molecule has 0 radical (unpaired) electrons. The van der Waals surface area contributed by atoms with Crippen LogP contribution in [-0.2, 0) is 4.74 Å². The van der Waals surface area contributed by atoms with Gasteiger partial charge in [-0.1, -0.05) is 30.3 Å². The summed E-state index contributed by atoms with van der Waals surface area (Å²) in [7, 11) is 0. The quantitative estimate of drug-likeness (QED) is 0.452. The maximum absolute atomic E-state index is 6.27. The number of nitrogens with zero attached hydrogens (tertiary/aromatic N) is 2. The molecule has 1 aliphatic heterocycles. The molecule has 2 aromatic carbocycles. The van der Waals surface area contributed by atoms with Gasteiger partial charge < -0.3 is 9.64 Å². The van der Waals surface area contributed by atoms with E-state index >= 15 is 0 Å². The van der Waals surface area contributed by atoms with Crippen LogP contribution in [-0.4, -0.2) is 36.5 Å². The number of rotatable bonds is 1. The number of ether oxygens (including phenoxy) is 1. The lowest BCUT2D eigenvalue weighted by atomic mass is 10.1. The average Bonchev–Trinajstić information content (AvgIpc) is 2.48. The molecule has 1 aliphatic rings. The van der Waals surface area contributed by atoms with Gasteiger partial charge >= 0.3 is 0 Å². The molecule has 0 saturated carbocycles. The van der Waals surface area contributed by atoms with Crippen LogP contribution in [0.3, 0.4) is 0 Å². The van der Waals surface area contributed by atoms with Crippen LogP contribution in [0.2, 0.25) is 0 Å². The van der Waals surface area contributed by atoms with Crippen LogP contribution in [0.1, 0.15) is 0 Å². The molecule has 3 nitrogen and oxygen atoms in total. The number of morpholine rings is 1. The predicted octanol–water partition coefficient (Wildman–Crippen LogP) is 3.40. The highest BCUT2D eigenvalue weighted by molar-refractivity contribution is 6.64. The molecule has 1 fully saturated rings. The van der Waals surface area contributed by atoms with Crippen LogP contribution in [0.5, 0.6) is 0 Å². The number of hydrogen-bond acceptors (Lipinski definition) is 2. The molecule has 3 rings (SSSR count). The minimum atomic E-state index is 0.540. The van der Waals surface area contributed by atoms with Crippen LogP contribution in [0.25, 0.3) is 10.8 Å². The molecular formula is C15H15ClN2O. The highest BCUT2D eigenvalue weighted by atomic mass is 35.5. The summed E-state index contributed by atoms with van der Waals surface area (Å²) in [4.78, 5) is 6.53. The van der Waals surface area contributed by atoms with Gasteiger partial charge in [0.15, 0.2) is 5.29 Å². The minimum absolute atomic E-state index is 0.540. The van der Waals surface area contributed by atoms with E-state index in [0.29, 0.717) is 18.5 Å².